The van der Waals surface area contributed by atoms with E-state index in [-0.39, 0.29) is 29.2 Å². The number of carboxylic acid groups (broad SMARTS) is 1. The largest absolute Gasteiger partial charge is 0.507 e. The zero-order valence-corrected chi connectivity index (χ0v) is 15.7. The first-order valence-electron chi connectivity index (χ1n) is 8.34. The van der Waals surface area contributed by atoms with Crippen molar-refractivity contribution in [2.45, 2.75) is 6.42 Å². The average Bonchev–Trinajstić information content (AvgIpc) is 2.68. The van der Waals surface area contributed by atoms with Crippen LogP contribution in [0.25, 0.3) is 10.8 Å². The van der Waals surface area contributed by atoms with Crippen molar-refractivity contribution >= 4 is 34.6 Å². The minimum atomic E-state index is -1.16. The number of halogens is 1. The molecule has 0 unspecified atom stereocenters. The van der Waals surface area contributed by atoms with Gasteiger partial charge in [-0.05, 0) is 17.0 Å². The normalized spacial score (nSPS) is 10.6. The van der Waals surface area contributed by atoms with Gasteiger partial charge in [-0.1, -0.05) is 41.9 Å². The zero-order valence-electron chi connectivity index (χ0n) is 14.9. The molecule has 0 amide bonds. The van der Waals surface area contributed by atoms with E-state index in [1.165, 1.54) is 13.2 Å². The Balaban J connectivity index is 2.08. The maximum absolute atomic E-state index is 11.4. The minimum absolute atomic E-state index is 0.0241. The fraction of sp³-hybridized carbons (Fsp3) is 0.143. The van der Waals surface area contributed by atoms with Gasteiger partial charge in [0.05, 0.1) is 12.7 Å². The Kier molecular flexibility index (Phi) is 5.70. The fourth-order valence-corrected chi connectivity index (χ4v) is 3.25. The van der Waals surface area contributed by atoms with Gasteiger partial charge in [0.25, 0.3) is 0 Å². The Morgan fingerprint density at radius 2 is 1.96 bits per heavy atom. The van der Waals surface area contributed by atoms with Crippen LogP contribution in [0.1, 0.15) is 21.5 Å². The summed E-state index contributed by atoms with van der Waals surface area (Å²) in [6, 6.07) is 12.6. The maximum atomic E-state index is 11.4. The summed E-state index contributed by atoms with van der Waals surface area (Å²) in [5, 5.41) is 22.0. The molecule has 3 aromatic carbocycles. The van der Waals surface area contributed by atoms with Crippen molar-refractivity contribution in [2.24, 2.45) is 0 Å². The Morgan fingerprint density at radius 3 is 2.64 bits per heavy atom. The first-order valence-corrected chi connectivity index (χ1v) is 8.72. The number of carbonyl (C=O) groups is 2. The average molecular weight is 401 g/mol. The van der Waals surface area contributed by atoms with Crippen LogP contribution in [0.5, 0.6) is 17.2 Å². The lowest BCUT2D eigenvalue weighted by Gasteiger charge is -2.16. The molecule has 3 rings (SSSR count). The second-order valence-electron chi connectivity index (χ2n) is 6.09. The van der Waals surface area contributed by atoms with E-state index in [0.717, 1.165) is 16.3 Å². The van der Waals surface area contributed by atoms with Crippen molar-refractivity contribution in [3.8, 4) is 17.2 Å². The molecule has 0 aromatic heterocycles. The van der Waals surface area contributed by atoms with E-state index >= 15 is 0 Å². The van der Waals surface area contributed by atoms with Gasteiger partial charge in [-0.2, -0.15) is 0 Å². The molecule has 6 nitrogen and oxygen atoms in total. The quantitative estimate of drug-likeness (QED) is 0.580. The molecule has 0 aliphatic carbocycles. The molecule has 0 atom stereocenters. The molecule has 144 valence electrons. The minimum Gasteiger partial charge on any atom is -0.507 e. The fourth-order valence-electron chi connectivity index (χ4n) is 3.01. The van der Waals surface area contributed by atoms with Gasteiger partial charge < -0.3 is 19.7 Å². The van der Waals surface area contributed by atoms with E-state index in [1.807, 2.05) is 30.3 Å². The molecule has 0 saturated heterocycles. The second-order valence-corrected chi connectivity index (χ2v) is 6.50. The summed E-state index contributed by atoms with van der Waals surface area (Å²) in [5.74, 6) is -1.24. The number of aldehydes is 1. The van der Waals surface area contributed by atoms with Crippen LogP contribution in [0, 0.1) is 0 Å². The predicted octanol–water partition coefficient (Wildman–Crippen LogP) is 4.07. The number of hydrogen-bond donors (Lipinski definition) is 2. The summed E-state index contributed by atoms with van der Waals surface area (Å²) < 4.78 is 10.4. The van der Waals surface area contributed by atoms with Crippen LogP contribution in [-0.2, 0) is 11.2 Å². The number of methoxy groups -OCH3 is 1. The van der Waals surface area contributed by atoms with Gasteiger partial charge in [-0.25, -0.2) is 4.79 Å². The van der Waals surface area contributed by atoms with Crippen LogP contribution >= 0.6 is 11.6 Å². The first kappa shape index (κ1) is 19.5. The smallest absolute Gasteiger partial charge is 0.341 e. The van der Waals surface area contributed by atoms with Gasteiger partial charge >= 0.3 is 5.97 Å². The van der Waals surface area contributed by atoms with E-state index in [2.05, 4.69) is 0 Å². The van der Waals surface area contributed by atoms with Crippen molar-refractivity contribution < 1.29 is 29.3 Å². The van der Waals surface area contributed by atoms with E-state index in [1.54, 1.807) is 6.07 Å². The van der Waals surface area contributed by atoms with Crippen molar-refractivity contribution in [1.82, 2.24) is 0 Å². The highest BCUT2D eigenvalue weighted by atomic mass is 35.5. The maximum Gasteiger partial charge on any atom is 0.341 e. The molecule has 0 aliphatic rings. The molecule has 0 aliphatic heterocycles. The number of aromatic hydroxyl groups is 1. The van der Waals surface area contributed by atoms with Gasteiger partial charge in [0.1, 0.15) is 17.2 Å². The SMILES string of the molecule is COc1cc(OCC(=O)O)c(Cc2ccc3c(Cl)cccc3c2)c(O)c1C=O. The molecule has 0 fully saturated rings. The van der Waals surface area contributed by atoms with Crippen LogP contribution in [0.3, 0.4) is 0 Å². The summed E-state index contributed by atoms with van der Waals surface area (Å²) in [4.78, 5) is 22.3. The van der Waals surface area contributed by atoms with Gasteiger partial charge in [0.15, 0.2) is 12.9 Å². The number of carboxylic acids is 1. The highest BCUT2D eigenvalue weighted by Gasteiger charge is 2.20. The molecule has 0 radical (unpaired) electrons. The van der Waals surface area contributed by atoms with Crippen LogP contribution < -0.4 is 9.47 Å². The molecule has 28 heavy (non-hydrogen) atoms. The molecule has 7 heteroatoms. The van der Waals surface area contributed by atoms with Gasteiger partial charge in [-0.3, -0.25) is 4.79 Å². The standard InChI is InChI=1S/C21H17ClO6/c1-27-18-9-19(28-11-20(24)25)15(21(26)16(18)10-23)8-12-5-6-14-13(7-12)3-2-4-17(14)22/h2-7,9-10,26H,8,11H2,1H3,(H,24,25). The second kappa shape index (κ2) is 8.19. The highest BCUT2D eigenvalue weighted by Crippen LogP contribution is 2.39. The Bertz CT molecular complexity index is 1060. The number of fused-ring (bicyclic) bond motifs is 1. The van der Waals surface area contributed by atoms with Crippen molar-refractivity contribution in [1.29, 1.82) is 0 Å². The molecule has 2 N–H and O–H groups in total. The first-order chi connectivity index (χ1) is 13.4. The number of ether oxygens (including phenoxy) is 2. The van der Waals surface area contributed by atoms with Crippen LogP contribution in [0.15, 0.2) is 42.5 Å². The summed E-state index contributed by atoms with van der Waals surface area (Å²) in [5.41, 5.74) is 1.10. The molecule has 0 heterocycles. The number of carbonyl (C=O) groups excluding carboxylic acids is 1. The Labute approximate surface area is 165 Å². The number of benzene rings is 3. The van der Waals surface area contributed by atoms with Crippen molar-refractivity contribution in [3.05, 3.63) is 64.2 Å². The van der Waals surface area contributed by atoms with Crippen LogP contribution in [-0.4, -0.2) is 36.2 Å². The van der Waals surface area contributed by atoms with Gasteiger partial charge in [0, 0.05) is 28.5 Å². The van der Waals surface area contributed by atoms with Crippen LogP contribution in [0.2, 0.25) is 5.02 Å². The molecule has 0 saturated carbocycles. The molecule has 0 bridgehead atoms. The molecular weight excluding hydrogens is 384 g/mol. The van der Waals surface area contributed by atoms with E-state index < -0.39 is 12.6 Å². The summed E-state index contributed by atoms with van der Waals surface area (Å²) in [6.45, 7) is -0.594. The monoisotopic (exact) mass is 400 g/mol. The van der Waals surface area contributed by atoms with E-state index in [9.17, 15) is 14.7 Å². The highest BCUT2D eigenvalue weighted by molar-refractivity contribution is 6.35. The zero-order chi connectivity index (χ0) is 20.3. The third-order valence-electron chi connectivity index (χ3n) is 4.33. The number of hydrogen-bond acceptors (Lipinski definition) is 5. The lowest BCUT2D eigenvalue weighted by Crippen LogP contribution is -2.11. The lowest BCUT2D eigenvalue weighted by molar-refractivity contribution is -0.139. The third-order valence-corrected chi connectivity index (χ3v) is 4.66. The Hall–Kier alpha value is -3.25. The molecule has 0 spiro atoms. The van der Waals surface area contributed by atoms with Gasteiger partial charge in [-0.15, -0.1) is 0 Å². The number of rotatable bonds is 7. The number of phenols is 1. The molecule has 3 aromatic rings. The molecular formula is C21H17ClO6. The lowest BCUT2D eigenvalue weighted by atomic mass is 9.97. The van der Waals surface area contributed by atoms with E-state index in [4.69, 9.17) is 26.2 Å². The number of phenolic OH excluding ortho intramolecular Hbond substituents is 1. The van der Waals surface area contributed by atoms with Gasteiger partial charge in [0.2, 0.25) is 0 Å². The summed E-state index contributed by atoms with van der Waals surface area (Å²) in [7, 11) is 1.34. The predicted molar refractivity (Wildman–Crippen MR) is 105 cm³/mol. The van der Waals surface area contributed by atoms with Crippen LogP contribution in [0.4, 0.5) is 0 Å². The Morgan fingerprint density at radius 1 is 1.18 bits per heavy atom. The number of aliphatic carboxylic acids is 1. The summed E-state index contributed by atoms with van der Waals surface area (Å²) in [6.07, 6.45) is 0.701. The van der Waals surface area contributed by atoms with Crippen molar-refractivity contribution in [3.63, 3.8) is 0 Å². The topological polar surface area (TPSA) is 93.1 Å². The summed E-state index contributed by atoms with van der Waals surface area (Å²) >= 11 is 6.20. The third kappa shape index (κ3) is 3.87. The van der Waals surface area contributed by atoms with E-state index in [0.29, 0.717) is 16.9 Å². The van der Waals surface area contributed by atoms with Crippen molar-refractivity contribution in [2.75, 3.05) is 13.7 Å².